The lowest BCUT2D eigenvalue weighted by atomic mass is 10.2. The van der Waals surface area contributed by atoms with Crippen molar-refractivity contribution in [1.29, 1.82) is 0 Å². The average Bonchev–Trinajstić information content (AvgIpc) is 3.20. The number of nitrogens with zero attached hydrogens (tertiary/aromatic N) is 4. The van der Waals surface area contributed by atoms with Crippen LogP contribution in [0.15, 0.2) is 90.3 Å². The van der Waals surface area contributed by atoms with E-state index in [1.165, 1.54) is 11.8 Å². The van der Waals surface area contributed by atoms with Gasteiger partial charge in [0.25, 0.3) is 0 Å². The number of aliphatic hydroxyl groups is 1. The van der Waals surface area contributed by atoms with Crippen LogP contribution in [0.4, 0.5) is 0 Å². The fourth-order valence-electron chi connectivity index (χ4n) is 2.94. The zero-order chi connectivity index (χ0) is 20.6. The number of thioether (sulfide) groups is 1. The van der Waals surface area contributed by atoms with Gasteiger partial charge in [-0.3, -0.25) is 9.55 Å². The first-order valence-electron chi connectivity index (χ1n) is 9.66. The van der Waals surface area contributed by atoms with Crippen LogP contribution in [0, 0.1) is 0 Å². The molecule has 30 heavy (non-hydrogen) atoms. The fourth-order valence-corrected chi connectivity index (χ4v) is 3.78. The van der Waals surface area contributed by atoms with E-state index in [9.17, 15) is 5.11 Å². The number of aromatic nitrogens is 4. The summed E-state index contributed by atoms with van der Waals surface area (Å²) >= 11 is 1.46. The van der Waals surface area contributed by atoms with E-state index in [-0.39, 0.29) is 6.61 Å². The van der Waals surface area contributed by atoms with Crippen molar-refractivity contribution in [2.24, 2.45) is 0 Å². The number of hydrogen-bond acceptors (Lipinski definition) is 6. The van der Waals surface area contributed by atoms with E-state index < -0.39 is 6.10 Å². The molecule has 2 aromatic carbocycles. The highest BCUT2D eigenvalue weighted by Gasteiger charge is 2.17. The second-order valence-electron chi connectivity index (χ2n) is 6.71. The maximum absolute atomic E-state index is 10.4. The Balaban J connectivity index is 1.47. The topological polar surface area (TPSA) is 73.1 Å². The summed E-state index contributed by atoms with van der Waals surface area (Å²) in [5.41, 5.74) is 2.05. The monoisotopic (exact) mass is 418 g/mol. The Morgan fingerprint density at radius 2 is 1.70 bits per heavy atom. The molecule has 0 bridgehead atoms. The lowest BCUT2D eigenvalue weighted by Crippen LogP contribution is -2.20. The number of ether oxygens (including phenoxy) is 1. The number of hydrogen-bond donors (Lipinski definition) is 1. The van der Waals surface area contributed by atoms with Crippen molar-refractivity contribution >= 4 is 11.8 Å². The molecule has 0 saturated carbocycles. The van der Waals surface area contributed by atoms with Gasteiger partial charge in [0.05, 0.1) is 12.6 Å². The number of benzene rings is 2. The maximum atomic E-state index is 10.4. The third kappa shape index (κ3) is 5.25. The van der Waals surface area contributed by atoms with Crippen LogP contribution in [0.5, 0.6) is 5.75 Å². The third-order valence-electron chi connectivity index (χ3n) is 4.41. The van der Waals surface area contributed by atoms with Crippen LogP contribution < -0.4 is 4.74 Å². The van der Waals surface area contributed by atoms with E-state index in [0.29, 0.717) is 12.3 Å². The maximum Gasteiger partial charge on any atom is 0.191 e. The molecular weight excluding hydrogens is 396 g/mol. The first-order chi connectivity index (χ1) is 14.8. The van der Waals surface area contributed by atoms with Crippen LogP contribution in [0.25, 0.3) is 11.4 Å². The van der Waals surface area contributed by atoms with Crippen molar-refractivity contribution in [2.75, 3.05) is 12.4 Å². The van der Waals surface area contributed by atoms with E-state index >= 15 is 0 Å². The van der Waals surface area contributed by atoms with E-state index in [0.717, 1.165) is 27.9 Å². The summed E-state index contributed by atoms with van der Waals surface area (Å²) in [6.45, 7) is 0.857. The average molecular weight is 419 g/mol. The molecule has 0 unspecified atom stereocenters. The molecule has 2 heterocycles. The van der Waals surface area contributed by atoms with E-state index in [4.69, 9.17) is 4.74 Å². The summed E-state index contributed by atoms with van der Waals surface area (Å²) in [5, 5.41) is 19.9. The van der Waals surface area contributed by atoms with Gasteiger partial charge in [-0.05, 0) is 29.8 Å². The lowest BCUT2D eigenvalue weighted by Gasteiger charge is -2.13. The molecule has 6 nitrogen and oxygen atoms in total. The predicted molar refractivity (Wildman–Crippen MR) is 117 cm³/mol. The zero-order valence-electron chi connectivity index (χ0n) is 16.3. The molecule has 4 aromatic rings. The van der Waals surface area contributed by atoms with Crippen LogP contribution in [0.1, 0.15) is 5.56 Å². The van der Waals surface area contributed by atoms with E-state index in [1.54, 1.807) is 12.4 Å². The van der Waals surface area contributed by atoms with Crippen molar-refractivity contribution in [3.05, 3.63) is 90.8 Å². The van der Waals surface area contributed by atoms with Crippen LogP contribution in [0.3, 0.4) is 0 Å². The minimum atomic E-state index is -0.626. The summed E-state index contributed by atoms with van der Waals surface area (Å²) in [4.78, 5) is 4.20. The summed E-state index contributed by atoms with van der Waals surface area (Å²) < 4.78 is 7.70. The van der Waals surface area contributed by atoms with Crippen molar-refractivity contribution in [1.82, 2.24) is 19.7 Å². The van der Waals surface area contributed by atoms with Crippen LogP contribution in [-0.4, -0.2) is 43.3 Å². The number of aliphatic hydroxyl groups excluding tert-OH is 1. The molecule has 1 N–H and O–H groups in total. The number of pyridine rings is 1. The Labute approximate surface area is 179 Å². The fraction of sp³-hybridized carbons (Fsp3) is 0.174. The Hall–Kier alpha value is -3.16. The minimum absolute atomic E-state index is 0.222. The molecule has 0 aliphatic heterocycles. The van der Waals surface area contributed by atoms with Gasteiger partial charge in [-0.25, -0.2) is 0 Å². The molecule has 0 aliphatic rings. The predicted octanol–water partition coefficient (Wildman–Crippen LogP) is 3.92. The largest absolute Gasteiger partial charge is 0.491 e. The number of para-hydroxylation sites is 1. The highest BCUT2D eigenvalue weighted by atomic mass is 32.2. The van der Waals surface area contributed by atoms with Crippen molar-refractivity contribution in [3.8, 4) is 17.1 Å². The van der Waals surface area contributed by atoms with Crippen LogP contribution in [0.2, 0.25) is 0 Å². The first-order valence-corrected chi connectivity index (χ1v) is 10.6. The molecule has 0 amide bonds. The molecule has 0 fully saturated rings. The summed E-state index contributed by atoms with van der Waals surface area (Å²) in [7, 11) is 0. The van der Waals surface area contributed by atoms with Gasteiger partial charge in [0, 0.05) is 23.7 Å². The third-order valence-corrected chi connectivity index (χ3v) is 5.52. The smallest absolute Gasteiger partial charge is 0.191 e. The molecular formula is C23H22N4O2S. The van der Waals surface area contributed by atoms with Crippen molar-refractivity contribution < 1.29 is 9.84 Å². The standard InChI is InChI=1S/C23H22N4O2S/c28-20(16-29-21-11-5-2-6-12-21)17-30-23-26-25-22(19-10-7-13-24-14-19)27(23)15-18-8-3-1-4-9-18/h1-14,20,28H,15-17H2/t20-/m1/s1. The van der Waals surface area contributed by atoms with Crippen LogP contribution >= 0.6 is 11.8 Å². The van der Waals surface area contributed by atoms with Crippen molar-refractivity contribution in [3.63, 3.8) is 0 Å². The molecule has 0 radical (unpaired) electrons. The summed E-state index contributed by atoms with van der Waals surface area (Å²) in [5.74, 6) is 1.95. The Morgan fingerprint density at radius 1 is 0.933 bits per heavy atom. The van der Waals surface area contributed by atoms with Gasteiger partial charge in [-0.1, -0.05) is 60.3 Å². The van der Waals surface area contributed by atoms with Crippen LogP contribution in [-0.2, 0) is 6.54 Å². The minimum Gasteiger partial charge on any atom is -0.491 e. The first kappa shape index (κ1) is 20.1. The van der Waals surface area contributed by atoms with Gasteiger partial charge >= 0.3 is 0 Å². The number of rotatable bonds is 9. The molecule has 4 rings (SSSR count). The van der Waals surface area contributed by atoms with E-state index in [1.807, 2.05) is 60.7 Å². The van der Waals surface area contributed by atoms with Gasteiger partial charge in [0.15, 0.2) is 11.0 Å². The molecule has 0 spiro atoms. The van der Waals surface area contributed by atoms with Crippen molar-refractivity contribution in [2.45, 2.75) is 17.8 Å². The second kappa shape index (κ2) is 10.0. The second-order valence-corrected chi connectivity index (χ2v) is 7.70. The van der Waals surface area contributed by atoms with Gasteiger partial charge in [0.1, 0.15) is 12.4 Å². The highest BCUT2D eigenvalue weighted by Crippen LogP contribution is 2.25. The van der Waals surface area contributed by atoms with Gasteiger partial charge in [-0.15, -0.1) is 10.2 Å². The normalized spacial score (nSPS) is 11.9. The quantitative estimate of drug-likeness (QED) is 0.415. The summed E-state index contributed by atoms with van der Waals surface area (Å²) in [6, 6.07) is 23.5. The Kier molecular flexibility index (Phi) is 6.74. The van der Waals surface area contributed by atoms with Gasteiger partial charge in [-0.2, -0.15) is 0 Å². The zero-order valence-corrected chi connectivity index (χ0v) is 17.2. The molecule has 0 aliphatic carbocycles. The lowest BCUT2D eigenvalue weighted by molar-refractivity contribution is 0.126. The van der Waals surface area contributed by atoms with Gasteiger partial charge < -0.3 is 9.84 Å². The Morgan fingerprint density at radius 3 is 2.43 bits per heavy atom. The summed E-state index contributed by atoms with van der Waals surface area (Å²) in [6.07, 6.45) is 2.89. The highest BCUT2D eigenvalue weighted by molar-refractivity contribution is 7.99. The molecule has 7 heteroatoms. The Bertz CT molecular complexity index is 1040. The van der Waals surface area contributed by atoms with E-state index in [2.05, 4.69) is 31.9 Å². The molecule has 0 saturated heterocycles. The SMILES string of the molecule is O[C@H](COc1ccccc1)CSc1nnc(-c2cccnc2)n1Cc1ccccc1. The molecule has 1 atom stereocenters. The molecule has 152 valence electrons. The van der Waals surface area contributed by atoms with Gasteiger partial charge in [0.2, 0.25) is 0 Å². The molecule has 2 aromatic heterocycles.